The number of unbranched alkanes of at least 4 members (excludes halogenated alkanes) is 10. The predicted molar refractivity (Wildman–Crippen MR) is 288 cm³/mol. The average Bonchev–Trinajstić information content (AvgIpc) is 3.33. The first-order valence-corrected chi connectivity index (χ1v) is 26.3. The molecule has 0 aromatic rings. The Balaban J connectivity index is 4.60. The van der Waals surface area contributed by atoms with Crippen molar-refractivity contribution in [3.63, 3.8) is 0 Å². The smallest absolute Gasteiger partial charge is 0.306 e. The average molecular weight is 923 g/mol. The molecule has 0 N–H and O–H groups in total. The summed E-state index contributed by atoms with van der Waals surface area (Å²) >= 11 is 0. The third-order valence-electron chi connectivity index (χ3n) is 10.3. The van der Waals surface area contributed by atoms with Crippen molar-refractivity contribution < 1.29 is 28.6 Å². The Morgan fingerprint density at radius 1 is 0.313 bits per heavy atom. The fraction of sp³-hybridized carbons (Fsp3) is 0.557. The lowest BCUT2D eigenvalue weighted by Gasteiger charge is -2.18. The molecule has 67 heavy (non-hydrogen) atoms. The summed E-state index contributed by atoms with van der Waals surface area (Å²) in [5.74, 6) is -1.05. The summed E-state index contributed by atoms with van der Waals surface area (Å²) in [5.41, 5.74) is 0. The predicted octanol–water partition coefficient (Wildman–Crippen LogP) is 17.6. The summed E-state index contributed by atoms with van der Waals surface area (Å²) < 4.78 is 16.7. The molecule has 0 aromatic carbocycles. The quantitative estimate of drug-likeness (QED) is 0.0262. The molecule has 0 saturated heterocycles. The number of carbonyl (C=O) groups excluding carboxylic acids is 3. The number of esters is 3. The third kappa shape index (κ3) is 52.1. The fourth-order valence-corrected chi connectivity index (χ4v) is 6.40. The van der Waals surface area contributed by atoms with Gasteiger partial charge in [0.15, 0.2) is 6.10 Å². The molecule has 0 bridgehead atoms. The number of allylic oxidation sites excluding steroid dienone is 24. The van der Waals surface area contributed by atoms with Crippen LogP contribution in [0.2, 0.25) is 0 Å². The lowest BCUT2D eigenvalue weighted by Crippen LogP contribution is -2.30. The standard InChI is InChI=1S/C61H94O6/c1-4-7-10-13-16-19-22-25-28-29-30-31-34-36-39-42-45-48-51-54-60(63)66-57-58(67-61(64)55-52-49-46-43-40-37-33-27-24-21-18-15-12-9-6-3)56-65-59(62)53-50-47-44-41-38-35-32-26-23-20-17-14-11-8-5-2/h7-8,10-11,16-21,25-28,30-33,36,38-41,43,58H,4-6,9,12-15,22-24,29,34-35,37,42,44-57H2,1-3H3/b10-7-,11-8-,19-16-,20-17-,21-18-,28-25-,31-30-,32-26-,33-27-,39-36-,41-38-,43-40-/t58-/m0/s1. The van der Waals surface area contributed by atoms with Crippen LogP contribution in [0.15, 0.2) is 146 Å². The molecule has 0 fully saturated rings. The topological polar surface area (TPSA) is 78.9 Å². The Bertz CT molecular complexity index is 1530. The van der Waals surface area contributed by atoms with Crippen LogP contribution in [0, 0.1) is 0 Å². The van der Waals surface area contributed by atoms with Crippen LogP contribution in [0.4, 0.5) is 0 Å². The maximum atomic E-state index is 12.8. The number of hydrogen-bond donors (Lipinski definition) is 0. The highest BCUT2D eigenvalue weighted by Gasteiger charge is 2.19. The Labute approximate surface area is 410 Å². The highest BCUT2D eigenvalue weighted by molar-refractivity contribution is 5.71. The van der Waals surface area contributed by atoms with Crippen molar-refractivity contribution in [1.82, 2.24) is 0 Å². The second-order valence-electron chi connectivity index (χ2n) is 16.7. The van der Waals surface area contributed by atoms with Gasteiger partial charge in [-0.05, 0) is 141 Å². The Morgan fingerprint density at radius 2 is 0.582 bits per heavy atom. The molecule has 0 heterocycles. The first-order chi connectivity index (χ1) is 33.0. The zero-order chi connectivity index (χ0) is 48.6. The summed E-state index contributed by atoms with van der Waals surface area (Å²) in [6.07, 6.45) is 76.9. The summed E-state index contributed by atoms with van der Waals surface area (Å²) in [5, 5.41) is 0. The highest BCUT2D eigenvalue weighted by atomic mass is 16.6. The van der Waals surface area contributed by atoms with Crippen molar-refractivity contribution in [3.05, 3.63) is 146 Å². The molecule has 374 valence electrons. The van der Waals surface area contributed by atoms with Gasteiger partial charge in [-0.25, -0.2) is 0 Å². The van der Waals surface area contributed by atoms with Gasteiger partial charge < -0.3 is 14.2 Å². The van der Waals surface area contributed by atoms with Crippen LogP contribution in [0.1, 0.15) is 201 Å². The fourth-order valence-electron chi connectivity index (χ4n) is 6.40. The van der Waals surface area contributed by atoms with Crippen LogP contribution in [-0.2, 0) is 28.6 Å². The van der Waals surface area contributed by atoms with Gasteiger partial charge in [0.1, 0.15) is 13.2 Å². The van der Waals surface area contributed by atoms with Gasteiger partial charge in [-0.1, -0.05) is 186 Å². The van der Waals surface area contributed by atoms with E-state index in [1.54, 1.807) is 0 Å². The molecule has 0 aromatic heterocycles. The van der Waals surface area contributed by atoms with E-state index in [2.05, 4.69) is 167 Å². The Kier molecular flexibility index (Phi) is 50.1. The molecule has 0 aliphatic carbocycles. The van der Waals surface area contributed by atoms with Crippen LogP contribution in [0.25, 0.3) is 0 Å². The van der Waals surface area contributed by atoms with Crippen molar-refractivity contribution in [2.24, 2.45) is 0 Å². The van der Waals surface area contributed by atoms with E-state index in [9.17, 15) is 14.4 Å². The van der Waals surface area contributed by atoms with Crippen molar-refractivity contribution in [3.8, 4) is 0 Å². The van der Waals surface area contributed by atoms with Gasteiger partial charge in [0.25, 0.3) is 0 Å². The normalized spacial score (nSPS) is 13.3. The number of carbonyl (C=O) groups is 3. The molecule has 6 heteroatoms. The molecular weight excluding hydrogens is 829 g/mol. The minimum Gasteiger partial charge on any atom is -0.462 e. The van der Waals surface area contributed by atoms with E-state index in [0.29, 0.717) is 19.3 Å². The van der Waals surface area contributed by atoms with Crippen LogP contribution in [0.5, 0.6) is 0 Å². The molecule has 0 radical (unpaired) electrons. The van der Waals surface area contributed by atoms with Gasteiger partial charge in [-0.2, -0.15) is 0 Å². The van der Waals surface area contributed by atoms with Crippen molar-refractivity contribution in [1.29, 1.82) is 0 Å². The lowest BCUT2D eigenvalue weighted by atomic mass is 10.1. The van der Waals surface area contributed by atoms with E-state index in [4.69, 9.17) is 14.2 Å². The second-order valence-corrected chi connectivity index (χ2v) is 16.7. The van der Waals surface area contributed by atoms with Gasteiger partial charge in [-0.3, -0.25) is 14.4 Å². The number of hydrogen-bond acceptors (Lipinski definition) is 6. The SMILES string of the molecule is CC/C=C\C/C=C\C/C=C\C/C=C\C/C=C\CCCCCC(=O)OC[C@H](COC(=O)CCCC/C=C\C/C=C\C/C=C\C/C=C\CC)OC(=O)CCCC/C=C\C/C=C\C/C=C\CCCCC. The van der Waals surface area contributed by atoms with Gasteiger partial charge in [0.05, 0.1) is 0 Å². The van der Waals surface area contributed by atoms with Gasteiger partial charge in [0.2, 0.25) is 0 Å². The van der Waals surface area contributed by atoms with E-state index >= 15 is 0 Å². The van der Waals surface area contributed by atoms with E-state index < -0.39 is 6.10 Å². The van der Waals surface area contributed by atoms with E-state index in [1.165, 1.54) is 25.7 Å². The molecule has 0 saturated carbocycles. The lowest BCUT2D eigenvalue weighted by molar-refractivity contribution is -0.167. The zero-order valence-corrected chi connectivity index (χ0v) is 42.6. The molecule has 0 unspecified atom stereocenters. The summed E-state index contributed by atoms with van der Waals surface area (Å²) in [4.78, 5) is 38.0. The first kappa shape index (κ1) is 62.3. The molecular formula is C61H94O6. The molecule has 0 aliphatic rings. The molecule has 6 nitrogen and oxygen atoms in total. The van der Waals surface area contributed by atoms with Crippen LogP contribution in [-0.4, -0.2) is 37.2 Å². The third-order valence-corrected chi connectivity index (χ3v) is 10.3. The Morgan fingerprint density at radius 3 is 0.910 bits per heavy atom. The van der Waals surface area contributed by atoms with Crippen LogP contribution >= 0.6 is 0 Å². The van der Waals surface area contributed by atoms with E-state index in [0.717, 1.165) is 122 Å². The van der Waals surface area contributed by atoms with Gasteiger partial charge in [-0.15, -0.1) is 0 Å². The minimum absolute atomic E-state index is 0.130. The molecule has 0 amide bonds. The molecule has 0 rings (SSSR count). The number of ether oxygens (including phenoxy) is 3. The van der Waals surface area contributed by atoms with Crippen molar-refractivity contribution >= 4 is 17.9 Å². The Hall–Kier alpha value is -4.71. The second kappa shape index (κ2) is 53.9. The van der Waals surface area contributed by atoms with Gasteiger partial charge >= 0.3 is 17.9 Å². The molecule has 0 spiro atoms. The maximum Gasteiger partial charge on any atom is 0.306 e. The molecule has 1 atom stereocenters. The molecule has 0 aliphatic heterocycles. The van der Waals surface area contributed by atoms with Crippen LogP contribution in [0.3, 0.4) is 0 Å². The highest BCUT2D eigenvalue weighted by Crippen LogP contribution is 2.10. The zero-order valence-electron chi connectivity index (χ0n) is 42.6. The summed E-state index contributed by atoms with van der Waals surface area (Å²) in [6.45, 7) is 6.26. The first-order valence-electron chi connectivity index (χ1n) is 26.3. The minimum atomic E-state index is -0.835. The van der Waals surface area contributed by atoms with Crippen LogP contribution < -0.4 is 0 Å². The summed E-state index contributed by atoms with van der Waals surface area (Å²) in [6, 6.07) is 0. The summed E-state index contributed by atoms with van der Waals surface area (Å²) in [7, 11) is 0. The van der Waals surface area contributed by atoms with Crippen molar-refractivity contribution in [2.75, 3.05) is 13.2 Å². The van der Waals surface area contributed by atoms with E-state index in [-0.39, 0.29) is 44.0 Å². The van der Waals surface area contributed by atoms with E-state index in [1.807, 2.05) is 0 Å². The van der Waals surface area contributed by atoms with Crippen molar-refractivity contribution in [2.45, 2.75) is 207 Å². The monoisotopic (exact) mass is 923 g/mol. The maximum absolute atomic E-state index is 12.8. The van der Waals surface area contributed by atoms with Gasteiger partial charge in [0, 0.05) is 19.3 Å². The largest absolute Gasteiger partial charge is 0.462 e. The number of rotatable bonds is 45.